The standard InChI is InChI=1S/C16H20N2O5/c1-10-4-5-11(13(19)9-10)15(21)17-7-6-14(20)18-8-2-3-12(18)16(22)23/h4-5,9,12,19H,2-3,6-8H2,1H3,(H,17,21)(H,22,23). The summed E-state index contributed by atoms with van der Waals surface area (Å²) in [4.78, 5) is 36.4. The molecular formula is C16H20N2O5. The number of carbonyl (C=O) groups is 3. The third kappa shape index (κ3) is 4.00. The Labute approximate surface area is 133 Å². The van der Waals surface area contributed by atoms with Gasteiger partial charge in [-0.25, -0.2) is 4.79 Å². The lowest BCUT2D eigenvalue weighted by molar-refractivity contribution is -0.148. The molecule has 124 valence electrons. The van der Waals surface area contributed by atoms with E-state index in [9.17, 15) is 19.5 Å². The van der Waals surface area contributed by atoms with Gasteiger partial charge in [-0.3, -0.25) is 9.59 Å². The van der Waals surface area contributed by atoms with Crippen LogP contribution in [0, 0.1) is 6.92 Å². The summed E-state index contributed by atoms with van der Waals surface area (Å²) < 4.78 is 0. The summed E-state index contributed by atoms with van der Waals surface area (Å²) in [7, 11) is 0. The fourth-order valence-electron chi connectivity index (χ4n) is 2.68. The second-order valence-corrected chi connectivity index (χ2v) is 5.61. The molecule has 2 rings (SSSR count). The summed E-state index contributed by atoms with van der Waals surface area (Å²) >= 11 is 0. The van der Waals surface area contributed by atoms with Gasteiger partial charge in [-0.05, 0) is 37.5 Å². The molecule has 1 aliphatic heterocycles. The van der Waals surface area contributed by atoms with Crippen LogP contribution in [-0.4, -0.2) is 52.0 Å². The minimum absolute atomic E-state index is 0.0299. The first kappa shape index (κ1) is 16.8. The number of rotatable bonds is 5. The van der Waals surface area contributed by atoms with Gasteiger partial charge in [0.2, 0.25) is 5.91 Å². The van der Waals surface area contributed by atoms with Gasteiger partial charge >= 0.3 is 5.97 Å². The van der Waals surface area contributed by atoms with Gasteiger partial charge in [-0.1, -0.05) is 6.07 Å². The number of amides is 2. The third-order valence-corrected chi connectivity index (χ3v) is 3.88. The number of phenolic OH excluding ortho intramolecular Hbond substituents is 1. The third-order valence-electron chi connectivity index (χ3n) is 3.88. The van der Waals surface area contributed by atoms with E-state index >= 15 is 0 Å². The zero-order valence-corrected chi connectivity index (χ0v) is 12.9. The quantitative estimate of drug-likeness (QED) is 0.747. The van der Waals surface area contributed by atoms with Gasteiger partial charge < -0.3 is 20.4 Å². The van der Waals surface area contributed by atoms with Crippen molar-refractivity contribution in [2.75, 3.05) is 13.1 Å². The minimum Gasteiger partial charge on any atom is -0.507 e. The van der Waals surface area contributed by atoms with E-state index in [4.69, 9.17) is 5.11 Å². The van der Waals surface area contributed by atoms with Crippen molar-refractivity contribution in [2.24, 2.45) is 0 Å². The largest absolute Gasteiger partial charge is 0.507 e. The molecule has 1 fully saturated rings. The normalized spacial score (nSPS) is 17.1. The molecule has 23 heavy (non-hydrogen) atoms. The Hall–Kier alpha value is -2.57. The molecule has 1 aliphatic rings. The molecule has 1 atom stereocenters. The molecule has 0 radical (unpaired) electrons. The Kier molecular flexibility index (Phi) is 5.20. The maximum absolute atomic E-state index is 12.1. The molecule has 1 aromatic carbocycles. The number of likely N-dealkylation sites (tertiary alicyclic amines) is 1. The van der Waals surface area contributed by atoms with Crippen LogP contribution in [-0.2, 0) is 9.59 Å². The smallest absolute Gasteiger partial charge is 0.326 e. The molecule has 0 aliphatic carbocycles. The summed E-state index contributed by atoms with van der Waals surface area (Å²) in [5, 5.41) is 21.4. The van der Waals surface area contributed by atoms with Crippen molar-refractivity contribution >= 4 is 17.8 Å². The lowest BCUT2D eigenvalue weighted by Gasteiger charge is -2.21. The Morgan fingerprint density at radius 3 is 2.74 bits per heavy atom. The van der Waals surface area contributed by atoms with Gasteiger partial charge in [-0.2, -0.15) is 0 Å². The molecule has 0 saturated carbocycles. The van der Waals surface area contributed by atoms with Crippen LogP contribution in [0.15, 0.2) is 18.2 Å². The molecule has 1 aromatic rings. The molecule has 1 unspecified atom stereocenters. The van der Waals surface area contributed by atoms with E-state index in [2.05, 4.69) is 5.32 Å². The number of aliphatic carboxylic acids is 1. The van der Waals surface area contributed by atoms with Crippen molar-refractivity contribution in [3.63, 3.8) is 0 Å². The van der Waals surface area contributed by atoms with Crippen LogP contribution in [0.1, 0.15) is 35.2 Å². The van der Waals surface area contributed by atoms with Crippen molar-refractivity contribution in [3.8, 4) is 5.75 Å². The van der Waals surface area contributed by atoms with Crippen molar-refractivity contribution in [2.45, 2.75) is 32.2 Å². The van der Waals surface area contributed by atoms with Gasteiger partial charge in [-0.15, -0.1) is 0 Å². The van der Waals surface area contributed by atoms with Crippen LogP contribution in [0.25, 0.3) is 0 Å². The monoisotopic (exact) mass is 320 g/mol. The predicted molar refractivity (Wildman–Crippen MR) is 82.2 cm³/mol. The molecule has 0 aromatic heterocycles. The number of benzene rings is 1. The first-order chi connectivity index (χ1) is 10.9. The fourth-order valence-corrected chi connectivity index (χ4v) is 2.68. The zero-order chi connectivity index (χ0) is 17.0. The number of carboxylic acid groups (broad SMARTS) is 1. The summed E-state index contributed by atoms with van der Waals surface area (Å²) in [6, 6.07) is 3.95. The van der Waals surface area contributed by atoms with Crippen molar-refractivity contribution in [1.29, 1.82) is 0 Å². The van der Waals surface area contributed by atoms with Crippen LogP contribution in [0.2, 0.25) is 0 Å². The molecule has 0 spiro atoms. The highest BCUT2D eigenvalue weighted by Crippen LogP contribution is 2.19. The van der Waals surface area contributed by atoms with E-state index in [1.807, 2.05) is 0 Å². The van der Waals surface area contributed by atoms with Crippen LogP contribution >= 0.6 is 0 Å². The Bertz CT molecular complexity index is 629. The minimum atomic E-state index is -0.996. The molecule has 1 heterocycles. The number of aryl methyl sites for hydroxylation is 1. The van der Waals surface area contributed by atoms with Crippen LogP contribution in [0.3, 0.4) is 0 Å². The average Bonchev–Trinajstić information content (AvgIpc) is 2.96. The van der Waals surface area contributed by atoms with Crippen molar-refractivity contribution in [1.82, 2.24) is 10.2 Å². The lowest BCUT2D eigenvalue weighted by Crippen LogP contribution is -2.41. The number of phenols is 1. The molecular weight excluding hydrogens is 300 g/mol. The van der Waals surface area contributed by atoms with Gasteiger partial charge in [0.05, 0.1) is 5.56 Å². The molecule has 0 bridgehead atoms. The number of carboxylic acids is 1. The van der Waals surface area contributed by atoms with E-state index in [0.717, 1.165) is 5.56 Å². The first-order valence-electron chi connectivity index (χ1n) is 7.50. The van der Waals surface area contributed by atoms with Gasteiger partial charge in [0, 0.05) is 19.5 Å². The first-order valence-corrected chi connectivity index (χ1v) is 7.50. The van der Waals surface area contributed by atoms with E-state index in [1.54, 1.807) is 13.0 Å². The second kappa shape index (κ2) is 7.13. The van der Waals surface area contributed by atoms with Crippen LogP contribution in [0.5, 0.6) is 5.75 Å². The summed E-state index contributed by atoms with van der Waals surface area (Å²) in [5.74, 6) is -1.86. The Balaban J connectivity index is 1.85. The van der Waals surface area contributed by atoms with Gasteiger partial charge in [0.15, 0.2) is 0 Å². The Morgan fingerprint density at radius 2 is 2.09 bits per heavy atom. The van der Waals surface area contributed by atoms with Crippen molar-refractivity contribution in [3.05, 3.63) is 29.3 Å². The summed E-state index contributed by atoms with van der Waals surface area (Å²) in [5.41, 5.74) is 0.982. The van der Waals surface area contributed by atoms with Crippen LogP contribution in [0.4, 0.5) is 0 Å². The maximum atomic E-state index is 12.1. The Morgan fingerprint density at radius 1 is 1.35 bits per heavy atom. The van der Waals surface area contributed by atoms with E-state index in [1.165, 1.54) is 17.0 Å². The molecule has 3 N–H and O–H groups in total. The zero-order valence-electron chi connectivity index (χ0n) is 12.9. The fraction of sp³-hybridized carbons (Fsp3) is 0.438. The molecule has 7 nitrogen and oxygen atoms in total. The number of nitrogens with one attached hydrogen (secondary N) is 1. The summed E-state index contributed by atoms with van der Waals surface area (Å²) in [6.45, 7) is 2.32. The topological polar surface area (TPSA) is 107 Å². The highest BCUT2D eigenvalue weighted by molar-refractivity contribution is 5.97. The highest BCUT2D eigenvalue weighted by atomic mass is 16.4. The number of carbonyl (C=O) groups excluding carboxylic acids is 2. The number of hydrogen-bond donors (Lipinski definition) is 3. The summed E-state index contributed by atoms with van der Waals surface area (Å²) in [6.07, 6.45) is 1.17. The van der Waals surface area contributed by atoms with E-state index in [0.29, 0.717) is 19.4 Å². The molecule has 2 amide bonds. The second-order valence-electron chi connectivity index (χ2n) is 5.61. The van der Waals surface area contributed by atoms with Gasteiger partial charge in [0.25, 0.3) is 5.91 Å². The molecule has 1 saturated heterocycles. The maximum Gasteiger partial charge on any atom is 0.326 e. The number of aromatic hydroxyl groups is 1. The average molecular weight is 320 g/mol. The highest BCUT2D eigenvalue weighted by Gasteiger charge is 2.33. The van der Waals surface area contributed by atoms with E-state index < -0.39 is 17.9 Å². The lowest BCUT2D eigenvalue weighted by atomic mass is 10.1. The predicted octanol–water partition coefficient (Wildman–Crippen LogP) is 0.896. The number of hydrogen-bond acceptors (Lipinski definition) is 4. The van der Waals surface area contributed by atoms with E-state index in [-0.39, 0.29) is 30.2 Å². The number of nitrogens with zero attached hydrogens (tertiary/aromatic N) is 1. The van der Waals surface area contributed by atoms with Crippen molar-refractivity contribution < 1.29 is 24.6 Å². The SMILES string of the molecule is Cc1ccc(C(=O)NCCC(=O)N2CCCC2C(=O)O)c(O)c1. The van der Waals surface area contributed by atoms with Gasteiger partial charge in [0.1, 0.15) is 11.8 Å². The molecule has 7 heteroatoms. The van der Waals surface area contributed by atoms with Crippen LogP contribution < -0.4 is 5.32 Å².